The number of carbonyl (C=O) groups is 2. The predicted octanol–water partition coefficient (Wildman–Crippen LogP) is 0.261. The van der Waals surface area contributed by atoms with E-state index in [1.807, 2.05) is 0 Å². The molecule has 2 bridgehead atoms. The predicted molar refractivity (Wildman–Crippen MR) is 56.8 cm³/mol. The number of esters is 2. The lowest BCUT2D eigenvalue weighted by Crippen LogP contribution is -2.19. The molecule has 0 atom stereocenters. The smallest absolute Gasteiger partial charge is 0.339 e. The topological polar surface area (TPSA) is 107 Å². The van der Waals surface area contributed by atoms with E-state index in [9.17, 15) is 18.0 Å². The van der Waals surface area contributed by atoms with Crippen molar-refractivity contribution < 1.29 is 32.0 Å². The Balaban J connectivity index is 2.68. The number of ether oxygens (including phenoxy) is 2. The third-order valence-corrected chi connectivity index (χ3v) is 3.16. The van der Waals surface area contributed by atoms with Crippen LogP contribution in [0.3, 0.4) is 0 Å². The fraction of sp³-hybridized carbons (Fsp3) is 0.200. The first kappa shape index (κ1) is 12.5. The second kappa shape index (κ2) is 4.39. The van der Waals surface area contributed by atoms with E-state index >= 15 is 0 Å². The summed E-state index contributed by atoms with van der Waals surface area (Å²) in [4.78, 5) is 22.3. The van der Waals surface area contributed by atoms with Crippen LogP contribution in [0.5, 0.6) is 0 Å². The minimum Gasteiger partial charge on any atom is -0.458 e. The average Bonchev–Trinajstić information content (AvgIpc) is 2.32. The van der Waals surface area contributed by atoms with Crippen LogP contribution in [0.25, 0.3) is 0 Å². The van der Waals surface area contributed by atoms with Crippen molar-refractivity contribution in [3.8, 4) is 0 Å². The summed E-state index contributed by atoms with van der Waals surface area (Å²) < 4.78 is 40.7. The molecule has 2 aliphatic heterocycles. The zero-order chi connectivity index (χ0) is 13.3. The molecule has 7 nitrogen and oxygen atoms in total. The first-order chi connectivity index (χ1) is 8.39. The largest absolute Gasteiger partial charge is 0.458 e. The van der Waals surface area contributed by atoms with Crippen molar-refractivity contribution in [2.75, 3.05) is 13.2 Å². The van der Waals surface area contributed by atoms with Crippen LogP contribution in [0.2, 0.25) is 0 Å². The van der Waals surface area contributed by atoms with Crippen molar-refractivity contribution in [3.63, 3.8) is 0 Å². The molecule has 0 amide bonds. The highest BCUT2D eigenvalue weighted by Gasteiger charge is 2.25. The Morgan fingerprint density at radius 2 is 1.67 bits per heavy atom. The zero-order valence-electron chi connectivity index (χ0n) is 8.95. The fourth-order valence-corrected chi connectivity index (χ4v) is 2.17. The number of fused-ring (bicyclic) bond motifs is 7. The van der Waals surface area contributed by atoms with Crippen LogP contribution in [0.4, 0.5) is 0 Å². The van der Waals surface area contributed by atoms with E-state index in [1.165, 1.54) is 6.07 Å². The van der Waals surface area contributed by atoms with E-state index in [1.54, 1.807) is 0 Å². The Bertz CT molecular complexity index is 617. The van der Waals surface area contributed by atoms with Crippen LogP contribution in [-0.4, -0.2) is 38.1 Å². The second-order valence-electron chi connectivity index (χ2n) is 3.46. The summed E-state index contributed by atoms with van der Waals surface area (Å²) in [5.74, 6) is -1.67. The Labute approximate surface area is 102 Å². The Hall–Kier alpha value is -1.93. The second-order valence-corrected chi connectivity index (χ2v) is 4.85. The standard InChI is InChI=1S/C10H8O7S/c11-9-6-1-2-7(8(5-6)18(13,14)15)10(12)17-4-3-16-9/h1-2,5H,3-4H2,(H,13,14,15). The highest BCUT2D eigenvalue weighted by molar-refractivity contribution is 7.86. The van der Waals surface area contributed by atoms with E-state index in [0.717, 1.165) is 12.1 Å². The molecule has 0 aromatic heterocycles. The Kier molecular flexibility index (Phi) is 3.05. The molecule has 96 valence electrons. The number of hydrogen-bond donors (Lipinski definition) is 1. The normalized spacial score (nSPS) is 16.1. The third-order valence-electron chi connectivity index (χ3n) is 2.26. The van der Waals surface area contributed by atoms with Crippen molar-refractivity contribution in [3.05, 3.63) is 29.3 Å². The van der Waals surface area contributed by atoms with Gasteiger partial charge in [0, 0.05) is 0 Å². The van der Waals surface area contributed by atoms with Crippen LogP contribution >= 0.6 is 0 Å². The molecule has 2 heterocycles. The van der Waals surface area contributed by atoms with Gasteiger partial charge in [0.05, 0.1) is 11.1 Å². The van der Waals surface area contributed by atoms with Crippen LogP contribution in [0.1, 0.15) is 20.7 Å². The molecule has 8 heteroatoms. The summed E-state index contributed by atoms with van der Waals surface area (Å²) in [6.07, 6.45) is 0. The number of carbonyl (C=O) groups excluding carboxylic acids is 2. The van der Waals surface area contributed by atoms with Crippen molar-refractivity contribution in [1.82, 2.24) is 0 Å². The SMILES string of the molecule is O=C1OCCOC(=O)c2ccc1cc2S(=O)(=O)O. The first-order valence-corrected chi connectivity index (χ1v) is 6.29. The molecule has 0 aliphatic carbocycles. The van der Waals surface area contributed by atoms with Gasteiger partial charge in [0.25, 0.3) is 10.1 Å². The molecule has 0 saturated carbocycles. The van der Waals surface area contributed by atoms with Crippen molar-refractivity contribution in [2.45, 2.75) is 4.90 Å². The van der Waals surface area contributed by atoms with Crippen molar-refractivity contribution >= 4 is 22.1 Å². The van der Waals surface area contributed by atoms with Gasteiger partial charge in [0.1, 0.15) is 18.1 Å². The Morgan fingerprint density at radius 1 is 1.06 bits per heavy atom. The maximum atomic E-state index is 11.5. The molecule has 0 unspecified atom stereocenters. The summed E-state index contributed by atoms with van der Waals surface area (Å²) >= 11 is 0. The van der Waals surface area contributed by atoms with Gasteiger partial charge in [-0.25, -0.2) is 9.59 Å². The zero-order valence-corrected chi connectivity index (χ0v) is 9.77. The van der Waals surface area contributed by atoms with E-state index in [2.05, 4.69) is 0 Å². The minimum absolute atomic E-state index is 0.0684. The molecule has 3 rings (SSSR count). The molecule has 1 aromatic carbocycles. The highest BCUT2D eigenvalue weighted by Crippen LogP contribution is 2.20. The van der Waals surface area contributed by atoms with Crippen molar-refractivity contribution in [2.24, 2.45) is 0 Å². The molecule has 1 N–H and O–H groups in total. The van der Waals surface area contributed by atoms with E-state index < -0.39 is 27.0 Å². The van der Waals surface area contributed by atoms with E-state index in [-0.39, 0.29) is 24.3 Å². The lowest BCUT2D eigenvalue weighted by Gasteiger charge is -2.12. The average molecular weight is 272 g/mol. The summed E-state index contributed by atoms with van der Waals surface area (Å²) in [5, 5.41) is 0. The van der Waals surface area contributed by atoms with Crippen LogP contribution in [-0.2, 0) is 19.6 Å². The van der Waals surface area contributed by atoms with Gasteiger partial charge in [-0.15, -0.1) is 0 Å². The number of benzene rings is 1. The molecule has 1 aromatic rings. The molecular weight excluding hydrogens is 264 g/mol. The van der Waals surface area contributed by atoms with Gasteiger partial charge < -0.3 is 9.47 Å². The monoisotopic (exact) mass is 272 g/mol. The molecule has 18 heavy (non-hydrogen) atoms. The Morgan fingerprint density at radius 3 is 2.28 bits per heavy atom. The summed E-state index contributed by atoms with van der Waals surface area (Å²) in [5.41, 5.74) is -0.392. The highest BCUT2D eigenvalue weighted by atomic mass is 32.2. The number of rotatable bonds is 1. The van der Waals surface area contributed by atoms with Gasteiger partial charge in [-0.1, -0.05) is 0 Å². The minimum atomic E-state index is -4.64. The van der Waals surface area contributed by atoms with Gasteiger partial charge in [0.15, 0.2) is 0 Å². The van der Waals surface area contributed by atoms with Gasteiger partial charge >= 0.3 is 11.9 Å². The molecule has 0 saturated heterocycles. The maximum absolute atomic E-state index is 11.5. The summed E-state index contributed by atoms with van der Waals surface area (Å²) in [6, 6.07) is 3.19. The van der Waals surface area contributed by atoms with Crippen LogP contribution < -0.4 is 0 Å². The molecule has 2 aliphatic rings. The molecule has 0 fully saturated rings. The molecule has 0 radical (unpaired) electrons. The van der Waals surface area contributed by atoms with Gasteiger partial charge in [-0.05, 0) is 18.2 Å². The van der Waals surface area contributed by atoms with Crippen molar-refractivity contribution in [1.29, 1.82) is 0 Å². The lowest BCUT2D eigenvalue weighted by atomic mass is 10.1. The van der Waals surface area contributed by atoms with Crippen LogP contribution in [0.15, 0.2) is 23.1 Å². The quantitative estimate of drug-likeness (QED) is 0.577. The molecule has 0 spiro atoms. The lowest BCUT2D eigenvalue weighted by molar-refractivity contribution is 0.0256. The maximum Gasteiger partial charge on any atom is 0.339 e. The van der Waals surface area contributed by atoms with Gasteiger partial charge in [0.2, 0.25) is 0 Å². The number of hydrogen-bond acceptors (Lipinski definition) is 6. The van der Waals surface area contributed by atoms with E-state index in [4.69, 9.17) is 14.0 Å². The first-order valence-electron chi connectivity index (χ1n) is 4.85. The van der Waals surface area contributed by atoms with Gasteiger partial charge in [-0.2, -0.15) is 8.42 Å². The van der Waals surface area contributed by atoms with Gasteiger partial charge in [-0.3, -0.25) is 4.55 Å². The third kappa shape index (κ3) is 2.34. The summed E-state index contributed by atoms with van der Waals surface area (Å²) in [6.45, 7) is -0.307. The summed E-state index contributed by atoms with van der Waals surface area (Å²) in [7, 11) is -4.64. The van der Waals surface area contributed by atoms with Crippen LogP contribution in [0, 0.1) is 0 Å². The fourth-order valence-electron chi connectivity index (χ4n) is 1.46. The molecular formula is C10H8O7S. The van der Waals surface area contributed by atoms with E-state index in [0.29, 0.717) is 0 Å².